The number of carbonyl (C=O) groups excluding carboxylic acids is 1. The second-order valence-corrected chi connectivity index (χ2v) is 4.15. The number of hydrogen-bond donors (Lipinski definition) is 1. The topological polar surface area (TPSA) is 59.2 Å². The molecule has 0 aliphatic carbocycles. The van der Waals surface area contributed by atoms with Gasteiger partial charge in [-0.25, -0.2) is 0 Å². The SMILES string of the molecule is Cc1cc(C(=O)N(C)c2cccc(N)c2)ccn1. The number of nitrogen functional groups attached to an aromatic ring is 1. The van der Waals surface area contributed by atoms with Gasteiger partial charge in [0.2, 0.25) is 0 Å². The molecule has 0 fully saturated rings. The van der Waals surface area contributed by atoms with E-state index < -0.39 is 0 Å². The van der Waals surface area contributed by atoms with Crippen LogP contribution in [0.2, 0.25) is 0 Å². The zero-order valence-electron chi connectivity index (χ0n) is 10.4. The van der Waals surface area contributed by atoms with Crippen LogP contribution in [0.1, 0.15) is 16.1 Å². The van der Waals surface area contributed by atoms with Crippen LogP contribution in [0.25, 0.3) is 0 Å². The Hall–Kier alpha value is -2.36. The number of anilines is 2. The number of carbonyl (C=O) groups is 1. The standard InChI is InChI=1S/C14H15N3O/c1-10-8-11(6-7-16-10)14(18)17(2)13-5-3-4-12(15)9-13/h3-9H,15H2,1-2H3. The van der Waals surface area contributed by atoms with Gasteiger partial charge in [0, 0.05) is 35.9 Å². The van der Waals surface area contributed by atoms with E-state index in [2.05, 4.69) is 4.98 Å². The summed E-state index contributed by atoms with van der Waals surface area (Å²) in [6.45, 7) is 1.86. The van der Waals surface area contributed by atoms with Gasteiger partial charge < -0.3 is 10.6 Å². The van der Waals surface area contributed by atoms with Crippen molar-refractivity contribution in [3.8, 4) is 0 Å². The molecule has 4 nitrogen and oxygen atoms in total. The van der Waals surface area contributed by atoms with E-state index >= 15 is 0 Å². The van der Waals surface area contributed by atoms with E-state index in [-0.39, 0.29) is 5.91 Å². The highest BCUT2D eigenvalue weighted by Crippen LogP contribution is 2.18. The molecule has 2 aromatic rings. The van der Waals surface area contributed by atoms with Crippen LogP contribution in [0, 0.1) is 6.92 Å². The molecule has 0 saturated heterocycles. The highest BCUT2D eigenvalue weighted by molar-refractivity contribution is 6.05. The van der Waals surface area contributed by atoms with Crippen molar-refractivity contribution >= 4 is 17.3 Å². The number of amides is 1. The fourth-order valence-electron chi connectivity index (χ4n) is 1.72. The minimum atomic E-state index is -0.0777. The number of aromatic nitrogens is 1. The van der Waals surface area contributed by atoms with Crippen LogP contribution in [0.3, 0.4) is 0 Å². The molecule has 2 rings (SSSR count). The van der Waals surface area contributed by atoms with Crippen molar-refractivity contribution in [1.82, 2.24) is 4.98 Å². The molecule has 1 aromatic carbocycles. The number of nitrogens with zero attached hydrogens (tertiary/aromatic N) is 2. The summed E-state index contributed by atoms with van der Waals surface area (Å²) in [6.07, 6.45) is 1.63. The molecule has 1 amide bonds. The van der Waals surface area contributed by atoms with Crippen LogP contribution in [0.4, 0.5) is 11.4 Å². The Balaban J connectivity index is 2.29. The van der Waals surface area contributed by atoms with E-state index in [4.69, 9.17) is 5.73 Å². The molecule has 0 saturated carbocycles. The van der Waals surface area contributed by atoms with Crippen LogP contribution >= 0.6 is 0 Å². The Morgan fingerprint density at radius 2 is 2.06 bits per heavy atom. The average Bonchev–Trinajstić information content (AvgIpc) is 2.37. The summed E-state index contributed by atoms with van der Waals surface area (Å²) in [7, 11) is 1.73. The summed E-state index contributed by atoms with van der Waals surface area (Å²) in [5.74, 6) is -0.0777. The second-order valence-electron chi connectivity index (χ2n) is 4.15. The van der Waals surface area contributed by atoms with Crippen LogP contribution in [0.5, 0.6) is 0 Å². The third-order valence-corrected chi connectivity index (χ3v) is 2.71. The molecular formula is C14H15N3O. The van der Waals surface area contributed by atoms with Crippen molar-refractivity contribution in [2.45, 2.75) is 6.92 Å². The predicted molar refractivity (Wildman–Crippen MR) is 72.6 cm³/mol. The van der Waals surface area contributed by atoms with Crippen LogP contribution in [-0.4, -0.2) is 17.9 Å². The Morgan fingerprint density at radius 1 is 1.28 bits per heavy atom. The van der Waals surface area contributed by atoms with Gasteiger partial charge in [0.25, 0.3) is 5.91 Å². The van der Waals surface area contributed by atoms with Crippen molar-refractivity contribution in [3.63, 3.8) is 0 Å². The number of benzene rings is 1. The summed E-state index contributed by atoms with van der Waals surface area (Å²) in [4.78, 5) is 17.9. The lowest BCUT2D eigenvalue weighted by Crippen LogP contribution is -2.26. The number of pyridine rings is 1. The van der Waals surface area contributed by atoms with Crippen LogP contribution in [0.15, 0.2) is 42.6 Å². The van der Waals surface area contributed by atoms with Crippen molar-refractivity contribution in [2.75, 3.05) is 17.7 Å². The lowest BCUT2D eigenvalue weighted by atomic mass is 10.2. The fraction of sp³-hybridized carbons (Fsp3) is 0.143. The summed E-state index contributed by atoms with van der Waals surface area (Å²) < 4.78 is 0. The minimum absolute atomic E-state index is 0.0777. The van der Waals surface area contributed by atoms with E-state index in [9.17, 15) is 4.79 Å². The molecule has 92 valence electrons. The van der Waals surface area contributed by atoms with Gasteiger partial charge >= 0.3 is 0 Å². The first-order valence-corrected chi connectivity index (χ1v) is 5.64. The molecule has 4 heteroatoms. The maximum Gasteiger partial charge on any atom is 0.258 e. The highest BCUT2D eigenvalue weighted by Gasteiger charge is 2.13. The van der Waals surface area contributed by atoms with Crippen molar-refractivity contribution in [1.29, 1.82) is 0 Å². The molecule has 2 N–H and O–H groups in total. The molecule has 0 spiro atoms. The van der Waals surface area contributed by atoms with Gasteiger partial charge in [-0.3, -0.25) is 9.78 Å². The van der Waals surface area contributed by atoms with Gasteiger partial charge in [0.1, 0.15) is 0 Å². The molecule has 0 aliphatic heterocycles. The van der Waals surface area contributed by atoms with Crippen LogP contribution < -0.4 is 10.6 Å². The lowest BCUT2D eigenvalue weighted by molar-refractivity contribution is 0.0993. The third-order valence-electron chi connectivity index (χ3n) is 2.71. The number of aryl methyl sites for hydroxylation is 1. The van der Waals surface area contributed by atoms with Gasteiger partial charge in [-0.2, -0.15) is 0 Å². The summed E-state index contributed by atoms with van der Waals surface area (Å²) in [6, 6.07) is 10.7. The van der Waals surface area contributed by atoms with Gasteiger partial charge in [0.15, 0.2) is 0 Å². The van der Waals surface area contributed by atoms with Crippen LogP contribution in [-0.2, 0) is 0 Å². The maximum absolute atomic E-state index is 12.3. The molecule has 1 heterocycles. The number of hydrogen-bond acceptors (Lipinski definition) is 3. The highest BCUT2D eigenvalue weighted by atomic mass is 16.2. The molecule has 0 aliphatic rings. The first-order valence-electron chi connectivity index (χ1n) is 5.64. The quantitative estimate of drug-likeness (QED) is 0.820. The summed E-state index contributed by atoms with van der Waals surface area (Å²) in [5, 5.41) is 0. The van der Waals surface area contributed by atoms with E-state index in [1.165, 1.54) is 0 Å². The largest absolute Gasteiger partial charge is 0.399 e. The molecule has 0 atom stereocenters. The Bertz CT molecular complexity index is 581. The minimum Gasteiger partial charge on any atom is -0.399 e. The average molecular weight is 241 g/mol. The number of nitrogens with two attached hydrogens (primary N) is 1. The summed E-state index contributed by atoms with van der Waals surface area (Å²) >= 11 is 0. The van der Waals surface area contributed by atoms with Gasteiger partial charge in [-0.15, -0.1) is 0 Å². The molecule has 18 heavy (non-hydrogen) atoms. The zero-order valence-corrected chi connectivity index (χ0v) is 10.4. The van der Waals surface area contributed by atoms with Gasteiger partial charge in [-0.1, -0.05) is 6.07 Å². The van der Waals surface area contributed by atoms with Gasteiger partial charge in [-0.05, 0) is 37.3 Å². The van der Waals surface area contributed by atoms with Gasteiger partial charge in [0.05, 0.1) is 0 Å². The Kier molecular flexibility index (Phi) is 3.28. The first-order chi connectivity index (χ1) is 8.58. The van der Waals surface area contributed by atoms with Crippen molar-refractivity contribution in [2.24, 2.45) is 0 Å². The zero-order chi connectivity index (χ0) is 13.1. The van der Waals surface area contributed by atoms with E-state index in [1.54, 1.807) is 42.4 Å². The normalized spacial score (nSPS) is 10.1. The second kappa shape index (κ2) is 4.87. The molecule has 1 aromatic heterocycles. The third kappa shape index (κ3) is 2.48. The smallest absolute Gasteiger partial charge is 0.258 e. The number of rotatable bonds is 2. The summed E-state index contributed by atoms with van der Waals surface area (Å²) in [5.41, 5.74) is 8.56. The Morgan fingerprint density at radius 3 is 2.72 bits per heavy atom. The lowest BCUT2D eigenvalue weighted by Gasteiger charge is -2.17. The molecule has 0 radical (unpaired) electrons. The molecule has 0 bridgehead atoms. The fourth-order valence-corrected chi connectivity index (χ4v) is 1.72. The maximum atomic E-state index is 12.3. The first kappa shape index (κ1) is 12.1. The van der Waals surface area contributed by atoms with E-state index in [1.807, 2.05) is 19.1 Å². The van der Waals surface area contributed by atoms with E-state index in [0.29, 0.717) is 11.3 Å². The molecular weight excluding hydrogens is 226 g/mol. The molecule has 0 unspecified atom stereocenters. The monoisotopic (exact) mass is 241 g/mol. The predicted octanol–water partition coefficient (Wildman–Crippen LogP) is 2.25. The Labute approximate surface area is 106 Å². The van der Waals surface area contributed by atoms with Crippen molar-refractivity contribution in [3.05, 3.63) is 53.9 Å². The van der Waals surface area contributed by atoms with E-state index in [0.717, 1.165) is 11.4 Å². The van der Waals surface area contributed by atoms with Crippen molar-refractivity contribution < 1.29 is 4.79 Å².